The number of rotatable bonds is 4. The summed E-state index contributed by atoms with van der Waals surface area (Å²) in [5.74, 6) is -3.26. The van der Waals surface area contributed by atoms with Gasteiger partial charge >= 0.3 is 0 Å². The van der Waals surface area contributed by atoms with E-state index in [1.807, 2.05) is 19.9 Å². The molecule has 284 valence electrons. The molecule has 2 N–H and O–H groups in total. The lowest BCUT2D eigenvalue weighted by Gasteiger charge is -2.34. The molecule has 1 aromatic carbocycles. The molecular weight excluding hydrogens is 683 g/mol. The van der Waals surface area contributed by atoms with Gasteiger partial charge in [0.05, 0.1) is 18.3 Å². The van der Waals surface area contributed by atoms with E-state index < -0.39 is 41.7 Å². The monoisotopic (exact) mass is 732 g/mol. The predicted octanol–water partition coefficient (Wildman–Crippen LogP) is 3.25. The maximum absolute atomic E-state index is 14.4. The molecule has 0 saturated carbocycles. The lowest BCUT2D eigenvalue weighted by atomic mass is 10.0. The summed E-state index contributed by atoms with van der Waals surface area (Å²) in [7, 11) is 1.51. The van der Waals surface area contributed by atoms with Gasteiger partial charge in [-0.15, -0.1) is 5.10 Å². The second-order valence-electron chi connectivity index (χ2n) is 14.2. The standard InChI is InChI=1S/C38H49FN8O6/c1-25(2)17-31-37(51)47-23-29(48)20-33(47)38(52)45(3)32(18-26-11-10-14-40-21-26)36(50)41-15-8-6-4-5-7-9-16-46-22-28(43-44-46)24-53-34-19-27(39)12-13-30(34)35(49)42-31/h10-14,19,21-22,25,31-33H,4-9,15-18,20,23-24H2,1-3H3,(H,41,50)(H,42,49)/t31-,32+,33-/m1/s1. The predicted molar refractivity (Wildman–Crippen MR) is 192 cm³/mol. The number of hydrogen-bond acceptors (Lipinski definition) is 9. The Morgan fingerprint density at radius 3 is 2.53 bits per heavy atom. The average molecular weight is 733 g/mol. The zero-order chi connectivity index (χ0) is 37.9. The van der Waals surface area contributed by atoms with Gasteiger partial charge in [0.2, 0.25) is 17.7 Å². The van der Waals surface area contributed by atoms with E-state index in [1.54, 1.807) is 29.3 Å². The third-order valence-corrected chi connectivity index (χ3v) is 9.56. The Bertz CT molecular complexity index is 1750. The number of fused-ring (bicyclic) bond motifs is 4. The number of benzene rings is 1. The van der Waals surface area contributed by atoms with Crippen molar-refractivity contribution >= 4 is 29.4 Å². The molecule has 4 heterocycles. The van der Waals surface area contributed by atoms with Crippen LogP contribution >= 0.6 is 0 Å². The highest BCUT2D eigenvalue weighted by atomic mass is 19.1. The smallest absolute Gasteiger partial charge is 0.255 e. The van der Waals surface area contributed by atoms with Crippen molar-refractivity contribution in [3.05, 3.63) is 71.6 Å². The fraction of sp³-hybridized carbons (Fsp3) is 0.526. The number of amides is 4. The van der Waals surface area contributed by atoms with Crippen molar-refractivity contribution in [3.8, 4) is 5.75 Å². The maximum Gasteiger partial charge on any atom is 0.255 e. The van der Waals surface area contributed by atoms with Gasteiger partial charge in [-0.2, -0.15) is 0 Å². The zero-order valence-electron chi connectivity index (χ0n) is 30.6. The normalized spacial score (nSPS) is 21.8. The highest BCUT2D eigenvalue weighted by Crippen LogP contribution is 2.25. The van der Waals surface area contributed by atoms with E-state index in [9.17, 15) is 28.4 Å². The molecule has 3 atom stereocenters. The number of halogens is 1. The van der Waals surface area contributed by atoms with Crippen molar-refractivity contribution in [3.63, 3.8) is 0 Å². The van der Waals surface area contributed by atoms with Gasteiger partial charge in [0.25, 0.3) is 5.91 Å². The SMILES string of the molecule is CC(C)C[C@H]1NC(=O)c2ccc(F)cc2OCc2cn(nn2)CCCCCCCCNC(=O)[C@H](Cc2cccnc2)N(C)C(=O)[C@H]2CC(=O)CN2C1=O. The number of hydrogen-bond donors (Lipinski definition) is 2. The molecule has 14 nitrogen and oxygen atoms in total. The number of aromatic nitrogens is 4. The number of nitrogens with zero attached hydrogens (tertiary/aromatic N) is 6. The van der Waals surface area contributed by atoms with Crippen LogP contribution in [0, 0.1) is 11.7 Å². The summed E-state index contributed by atoms with van der Waals surface area (Å²) in [5.41, 5.74) is 1.24. The van der Waals surface area contributed by atoms with E-state index in [-0.39, 0.29) is 61.3 Å². The maximum atomic E-state index is 14.4. The van der Waals surface area contributed by atoms with Crippen LogP contribution in [0.15, 0.2) is 48.9 Å². The van der Waals surface area contributed by atoms with E-state index in [4.69, 9.17) is 4.74 Å². The number of likely N-dealkylation sites (N-methyl/N-ethyl adjacent to an activating group) is 1. The Kier molecular flexibility index (Phi) is 13.6. The molecule has 2 aromatic heterocycles. The van der Waals surface area contributed by atoms with Gasteiger partial charge in [-0.25, -0.2) is 4.39 Å². The molecular formula is C38H49FN8O6. The first-order chi connectivity index (χ1) is 25.5. The van der Waals surface area contributed by atoms with Gasteiger partial charge in [-0.05, 0) is 48.9 Å². The second-order valence-corrected chi connectivity index (χ2v) is 14.2. The molecule has 3 aromatic rings. The first-order valence-electron chi connectivity index (χ1n) is 18.4. The summed E-state index contributed by atoms with van der Waals surface area (Å²) < 4.78 is 22.0. The fourth-order valence-electron chi connectivity index (χ4n) is 6.71. The zero-order valence-corrected chi connectivity index (χ0v) is 30.6. The first kappa shape index (κ1) is 39.0. The van der Waals surface area contributed by atoms with E-state index in [0.29, 0.717) is 18.8 Å². The number of nitrogens with one attached hydrogen (secondary N) is 2. The van der Waals surface area contributed by atoms with Crippen molar-refractivity contribution in [1.82, 2.24) is 40.4 Å². The third-order valence-electron chi connectivity index (χ3n) is 9.56. The Labute approximate surface area is 308 Å². The van der Waals surface area contributed by atoms with Gasteiger partial charge in [0.15, 0.2) is 5.78 Å². The van der Waals surface area contributed by atoms with E-state index in [2.05, 4.69) is 25.9 Å². The molecule has 1 saturated heterocycles. The van der Waals surface area contributed by atoms with Crippen molar-refractivity contribution < 1.29 is 33.1 Å². The van der Waals surface area contributed by atoms with Crippen molar-refractivity contribution in [2.75, 3.05) is 20.1 Å². The molecule has 2 aliphatic heterocycles. The van der Waals surface area contributed by atoms with Gasteiger partial charge in [0.1, 0.15) is 42.0 Å². The van der Waals surface area contributed by atoms with Crippen LogP contribution in [0.1, 0.15) is 86.8 Å². The van der Waals surface area contributed by atoms with E-state index in [0.717, 1.165) is 56.2 Å². The van der Waals surface area contributed by atoms with Crippen LogP contribution in [0.5, 0.6) is 5.75 Å². The van der Waals surface area contributed by atoms with E-state index in [1.165, 1.54) is 22.9 Å². The molecule has 5 rings (SSSR count). The summed E-state index contributed by atoms with van der Waals surface area (Å²) >= 11 is 0. The van der Waals surface area contributed by atoms with Crippen LogP contribution < -0.4 is 15.4 Å². The highest BCUT2D eigenvalue weighted by Gasteiger charge is 2.44. The summed E-state index contributed by atoms with van der Waals surface area (Å²) in [6.45, 7) is 4.47. The van der Waals surface area contributed by atoms with Crippen molar-refractivity contribution in [2.24, 2.45) is 5.92 Å². The summed E-state index contributed by atoms with van der Waals surface area (Å²) in [5, 5.41) is 14.1. The number of carbonyl (C=O) groups is 5. The van der Waals surface area contributed by atoms with Crippen LogP contribution in [-0.4, -0.2) is 97.5 Å². The topological polar surface area (TPSA) is 169 Å². The first-order valence-corrected chi connectivity index (χ1v) is 18.4. The molecule has 2 bridgehead atoms. The average Bonchev–Trinajstić information content (AvgIpc) is 3.76. The number of aryl methyl sites for hydroxylation is 1. The van der Waals surface area contributed by atoms with Gasteiger partial charge in [-0.3, -0.25) is 33.6 Å². The molecule has 0 radical (unpaired) electrons. The third kappa shape index (κ3) is 10.7. The Balaban J connectivity index is 1.43. The minimum atomic E-state index is -1.17. The highest BCUT2D eigenvalue weighted by molar-refractivity contribution is 6.03. The minimum Gasteiger partial charge on any atom is -0.486 e. The molecule has 1 fully saturated rings. The number of pyridine rings is 1. The molecule has 15 heteroatoms. The molecule has 2 aliphatic rings. The molecule has 0 spiro atoms. The molecule has 53 heavy (non-hydrogen) atoms. The largest absolute Gasteiger partial charge is 0.486 e. The van der Waals surface area contributed by atoms with Crippen LogP contribution in [0.4, 0.5) is 4.39 Å². The number of ether oxygens (including phenoxy) is 1. The number of ketones is 1. The van der Waals surface area contributed by atoms with Crippen LogP contribution in [0.3, 0.4) is 0 Å². The number of carbonyl (C=O) groups excluding carboxylic acids is 5. The van der Waals surface area contributed by atoms with Crippen LogP contribution in [-0.2, 0) is 38.8 Å². The lowest BCUT2D eigenvalue weighted by Crippen LogP contribution is -2.57. The van der Waals surface area contributed by atoms with Crippen molar-refractivity contribution in [1.29, 1.82) is 0 Å². The quantitative estimate of drug-likeness (QED) is 0.409. The number of Topliss-reactive ketones (excluding diaryl/α,β-unsaturated/α-hetero) is 1. The van der Waals surface area contributed by atoms with Crippen LogP contribution in [0.25, 0.3) is 0 Å². The van der Waals surface area contributed by atoms with Gasteiger partial charge in [0, 0.05) is 51.4 Å². The molecule has 0 unspecified atom stereocenters. The van der Waals surface area contributed by atoms with Crippen molar-refractivity contribution in [2.45, 2.75) is 103 Å². The summed E-state index contributed by atoms with van der Waals surface area (Å²) in [6, 6.07) is 3.83. The minimum absolute atomic E-state index is 0.00379. The molecule has 4 amide bonds. The molecule has 0 aliphatic carbocycles. The van der Waals surface area contributed by atoms with E-state index >= 15 is 0 Å². The summed E-state index contributed by atoms with van der Waals surface area (Å²) in [6.07, 6.45) is 10.7. The van der Waals surface area contributed by atoms with Gasteiger partial charge in [-0.1, -0.05) is 50.8 Å². The Morgan fingerprint density at radius 2 is 1.77 bits per heavy atom. The second kappa shape index (κ2) is 18.5. The fourth-order valence-corrected chi connectivity index (χ4v) is 6.71. The Hall–Kier alpha value is -5.21. The Morgan fingerprint density at radius 1 is 1.00 bits per heavy atom. The van der Waals surface area contributed by atoms with Crippen LogP contribution in [0.2, 0.25) is 0 Å². The summed E-state index contributed by atoms with van der Waals surface area (Å²) in [4.78, 5) is 75.4. The lowest BCUT2D eigenvalue weighted by molar-refractivity contribution is -0.147. The van der Waals surface area contributed by atoms with Gasteiger partial charge < -0.3 is 25.2 Å².